The molecule has 0 bridgehead atoms. The number of nitrogens with one attached hydrogen (secondary N) is 1. The first-order chi connectivity index (χ1) is 12.0. The molecule has 25 heavy (non-hydrogen) atoms. The Hall–Kier alpha value is -2.31. The van der Waals surface area contributed by atoms with Gasteiger partial charge in [-0.15, -0.1) is 0 Å². The number of halogens is 2. The molecule has 8 heteroatoms. The third-order valence-corrected chi connectivity index (χ3v) is 4.25. The summed E-state index contributed by atoms with van der Waals surface area (Å²) in [5.41, 5.74) is 1.84. The number of benzene rings is 1. The molecule has 2 heterocycles. The van der Waals surface area contributed by atoms with E-state index >= 15 is 0 Å². The van der Waals surface area contributed by atoms with Gasteiger partial charge in [0.25, 0.3) is 0 Å². The number of amides is 1. The Labute approximate surface area is 155 Å². The molecule has 0 aliphatic rings. The second-order valence-electron chi connectivity index (χ2n) is 5.63. The maximum absolute atomic E-state index is 12.1. The van der Waals surface area contributed by atoms with Crippen molar-refractivity contribution in [3.05, 3.63) is 64.0 Å². The molecule has 2 aromatic heterocycles. The number of carbonyl (C=O) groups excluding carboxylic acids is 1. The molecule has 0 saturated heterocycles. The van der Waals surface area contributed by atoms with Crippen LogP contribution in [0.1, 0.15) is 17.7 Å². The van der Waals surface area contributed by atoms with Gasteiger partial charge in [-0.25, -0.2) is 0 Å². The predicted molar refractivity (Wildman–Crippen MR) is 98.0 cm³/mol. The summed E-state index contributed by atoms with van der Waals surface area (Å²) in [5, 5.41) is 12.3. The number of nitrogens with zero attached hydrogens (tertiary/aromatic N) is 4. The summed E-state index contributed by atoms with van der Waals surface area (Å²) in [6, 6.07) is 9.41. The molecule has 1 N–H and O–H groups in total. The minimum Gasteiger partial charge on any atom is -0.308 e. The van der Waals surface area contributed by atoms with E-state index in [0.717, 1.165) is 11.3 Å². The van der Waals surface area contributed by atoms with Gasteiger partial charge in [-0.05, 0) is 24.6 Å². The van der Waals surface area contributed by atoms with Crippen LogP contribution in [0.4, 0.5) is 5.82 Å². The minimum absolute atomic E-state index is 0.168. The molecule has 6 nitrogen and oxygen atoms in total. The van der Waals surface area contributed by atoms with E-state index in [0.29, 0.717) is 29.0 Å². The Kier molecular flexibility index (Phi) is 5.40. The van der Waals surface area contributed by atoms with Crippen LogP contribution in [0.15, 0.2) is 42.7 Å². The van der Waals surface area contributed by atoms with Crippen LogP contribution in [0.3, 0.4) is 0 Å². The number of hydrogen-bond acceptors (Lipinski definition) is 3. The quantitative estimate of drug-likeness (QED) is 0.710. The fourth-order valence-electron chi connectivity index (χ4n) is 2.36. The molecule has 0 spiro atoms. The second kappa shape index (κ2) is 7.72. The second-order valence-corrected chi connectivity index (χ2v) is 6.45. The molecule has 3 rings (SSSR count). The number of rotatable bonds is 6. The first-order valence-electron chi connectivity index (χ1n) is 7.77. The lowest BCUT2D eigenvalue weighted by Gasteiger charge is -2.05. The summed E-state index contributed by atoms with van der Waals surface area (Å²) in [4.78, 5) is 12.1. The van der Waals surface area contributed by atoms with Gasteiger partial charge in [0.2, 0.25) is 5.91 Å². The number of anilines is 1. The molecule has 0 unspecified atom stereocenters. The Morgan fingerprint density at radius 3 is 2.64 bits per heavy atom. The summed E-state index contributed by atoms with van der Waals surface area (Å²) >= 11 is 12.3. The Morgan fingerprint density at radius 2 is 1.92 bits per heavy atom. The van der Waals surface area contributed by atoms with Crippen LogP contribution < -0.4 is 5.32 Å². The van der Waals surface area contributed by atoms with Crippen LogP contribution in [-0.4, -0.2) is 25.5 Å². The van der Waals surface area contributed by atoms with Crippen LogP contribution in [0, 0.1) is 6.92 Å². The number of aryl methyl sites for hydroxylation is 2. The van der Waals surface area contributed by atoms with Crippen LogP contribution in [0.5, 0.6) is 0 Å². The molecule has 0 aliphatic carbocycles. The summed E-state index contributed by atoms with van der Waals surface area (Å²) in [7, 11) is 0. The molecule has 0 fully saturated rings. The van der Waals surface area contributed by atoms with Crippen molar-refractivity contribution in [2.24, 2.45) is 0 Å². The SMILES string of the molecule is Cc1ccn(CCC(=O)Nc2nn(Cc3ccccc3Cl)cc2Cl)n1. The van der Waals surface area contributed by atoms with Crippen molar-refractivity contribution < 1.29 is 4.79 Å². The summed E-state index contributed by atoms with van der Waals surface area (Å²) < 4.78 is 3.38. The highest BCUT2D eigenvalue weighted by molar-refractivity contribution is 6.33. The van der Waals surface area contributed by atoms with Gasteiger partial charge < -0.3 is 5.32 Å². The predicted octanol–water partition coefficient (Wildman–Crippen LogP) is 3.77. The average Bonchev–Trinajstić information content (AvgIpc) is 3.14. The third kappa shape index (κ3) is 4.61. The smallest absolute Gasteiger partial charge is 0.227 e. The van der Waals surface area contributed by atoms with E-state index < -0.39 is 0 Å². The van der Waals surface area contributed by atoms with Crippen molar-refractivity contribution in [2.45, 2.75) is 26.4 Å². The number of carbonyl (C=O) groups is 1. The largest absolute Gasteiger partial charge is 0.308 e. The minimum atomic E-state index is -0.168. The lowest BCUT2D eigenvalue weighted by Crippen LogP contribution is -2.15. The molecule has 3 aromatic rings. The van der Waals surface area contributed by atoms with E-state index in [1.807, 2.05) is 43.5 Å². The topological polar surface area (TPSA) is 64.7 Å². The molecule has 0 aliphatic heterocycles. The van der Waals surface area contributed by atoms with Gasteiger partial charge >= 0.3 is 0 Å². The molecule has 1 amide bonds. The van der Waals surface area contributed by atoms with Gasteiger partial charge in [0.05, 0.1) is 12.2 Å². The van der Waals surface area contributed by atoms with Gasteiger partial charge in [-0.1, -0.05) is 41.4 Å². The molecular formula is C17H17Cl2N5O. The normalized spacial score (nSPS) is 10.8. The van der Waals surface area contributed by atoms with Crippen LogP contribution in [0.25, 0.3) is 0 Å². The Balaban J connectivity index is 1.60. The maximum atomic E-state index is 12.1. The standard InChI is InChI=1S/C17H17Cl2N5O/c1-12-6-8-23(21-12)9-7-16(25)20-17-15(19)11-24(22-17)10-13-4-2-3-5-14(13)18/h2-6,8,11H,7,9-10H2,1H3,(H,20,22,25). The van der Waals surface area contributed by atoms with E-state index in [-0.39, 0.29) is 12.3 Å². The Bertz CT molecular complexity index is 887. The number of aromatic nitrogens is 4. The maximum Gasteiger partial charge on any atom is 0.227 e. The lowest BCUT2D eigenvalue weighted by molar-refractivity contribution is -0.116. The molecule has 0 atom stereocenters. The summed E-state index contributed by atoms with van der Waals surface area (Å²) in [6.07, 6.45) is 3.79. The van der Waals surface area contributed by atoms with Gasteiger partial charge in [0, 0.05) is 30.4 Å². The van der Waals surface area contributed by atoms with Crippen molar-refractivity contribution in [3.8, 4) is 0 Å². The van der Waals surface area contributed by atoms with E-state index in [1.54, 1.807) is 15.6 Å². The third-order valence-electron chi connectivity index (χ3n) is 3.61. The molecule has 0 saturated carbocycles. The van der Waals surface area contributed by atoms with E-state index in [2.05, 4.69) is 15.5 Å². The van der Waals surface area contributed by atoms with Gasteiger partial charge in [-0.3, -0.25) is 14.2 Å². The first kappa shape index (κ1) is 17.5. The highest BCUT2D eigenvalue weighted by atomic mass is 35.5. The molecular weight excluding hydrogens is 361 g/mol. The average molecular weight is 378 g/mol. The van der Waals surface area contributed by atoms with Crippen molar-refractivity contribution in [3.63, 3.8) is 0 Å². The number of hydrogen-bond donors (Lipinski definition) is 1. The van der Waals surface area contributed by atoms with Gasteiger partial charge in [0.15, 0.2) is 5.82 Å². The summed E-state index contributed by atoms with van der Waals surface area (Å²) in [5.74, 6) is 0.174. The first-order valence-corrected chi connectivity index (χ1v) is 8.53. The van der Waals surface area contributed by atoms with Crippen molar-refractivity contribution >= 4 is 34.9 Å². The Morgan fingerprint density at radius 1 is 1.12 bits per heavy atom. The van der Waals surface area contributed by atoms with Gasteiger partial charge in [0.1, 0.15) is 5.02 Å². The molecule has 1 aromatic carbocycles. The zero-order valence-electron chi connectivity index (χ0n) is 13.6. The van der Waals surface area contributed by atoms with E-state index in [4.69, 9.17) is 23.2 Å². The lowest BCUT2D eigenvalue weighted by atomic mass is 10.2. The van der Waals surface area contributed by atoms with E-state index in [9.17, 15) is 4.79 Å². The van der Waals surface area contributed by atoms with Crippen molar-refractivity contribution in [1.29, 1.82) is 0 Å². The zero-order chi connectivity index (χ0) is 17.8. The highest BCUT2D eigenvalue weighted by Crippen LogP contribution is 2.22. The fraction of sp³-hybridized carbons (Fsp3) is 0.235. The summed E-state index contributed by atoms with van der Waals surface area (Å²) in [6.45, 7) is 2.88. The van der Waals surface area contributed by atoms with Crippen LogP contribution >= 0.6 is 23.2 Å². The van der Waals surface area contributed by atoms with Gasteiger partial charge in [-0.2, -0.15) is 10.2 Å². The van der Waals surface area contributed by atoms with Crippen LogP contribution in [0.2, 0.25) is 10.0 Å². The van der Waals surface area contributed by atoms with Crippen molar-refractivity contribution in [1.82, 2.24) is 19.6 Å². The fourth-order valence-corrected chi connectivity index (χ4v) is 2.76. The molecule has 130 valence electrons. The molecule has 0 radical (unpaired) electrons. The van der Waals surface area contributed by atoms with Crippen LogP contribution in [-0.2, 0) is 17.9 Å². The zero-order valence-corrected chi connectivity index (χ0v) is 15.1. The monoisotopic (exact) mass is 377 g/mol. The van der Waals surface area contributed by atoms with E-state index in [1.165, 1.54) is 0 Å². The van der Waals surface area contributed by atoms with Crippen molar-refractivity contribution in [2.75, 3.05) is 5.32 Å². The highest BCUT2D eigenvalue weighted by Gasteiger charge is 2.12.